The number of carbonyl (C=O) groups is 1. The first-order valence-electron chi connectivity index (χ1n) is 6.36. The van der Waals surface area contributed by atoms with Crippen LogP contribution in [0.5, 0.6) is 0 Å². The van der Waals surface area contributed by atoms with Gasteiger partial charge in [0.15, 0.2) is 0 Å². The molecule has 1 N–H and O–H groups in total. The third kappa shape index (κ3) is 2.27. The number of aromatic nitrogens is 1. The van der Waals surface area contributed by atoms with Crippen LogP contribution in [0, 0.1) is 5.92 Å². The topological polar surface area (TPSA) is 45.5 Å². The summed E-state index contributed by atoms with van der Waals surface area (Å²) in [5.74, 6) is 0.312. The van der Waals surface area contributed by atoms with E-state index in [0.29, 0.717) is 29.7 Å². The number of aliphatic hydroxyl groups excluding tert-OH is 1. The van der Waals surface area contributed by atoms with Gasteiger partial charge in [0.1, 0.15) is 5.69 Å². The van der Waals surface area contributed by atoms with Crippen LogP contribution in [0.15, 0.2) is 12.3 Å². The lowest BCUT2D eigenvalue weighted by Gasteiger charge is -2.25. The van der Waals surface area contributed by atoms with Crippen molar-refractivity contribution in [2.45, 2.75) is 32.9 Å². The van der Waals surface area contributed by atoms with Crippen molar-refractivity contribution in [3.8, 4) is 0 Å². The quantitative estimate of drug-likeness (QED) is 0.913. The molecule has 1 aromatic rings. The summed E-state index contributed by atoms with van der Waals surface area (Å²) < 4.78 is 1.85. The molecular formula is C13H19ClN2O2. The molecule has 0 aromatic carbocycles. The fourth-order valence-corrected chi connectivity index (χ4v) is 2.82. The molecule has 2 heterocycles. The minimum atomic E-state index is -0.0727. The Labute approximate surface area is 112 Å². The highest BCUT2D eigenvalue weighted by molar-refractivity contribution is 6.31. The summed E-state index contributed by atoms with van der Waals surface area (Å²) in [4.78, 5) is 14.3. The van der Waals surface area contributed by atoms with Crippen LogP contribution in [0.3, 0.4) is 0 Å². The molecule has 4 nitrogen and oxygen atoms in total. The number of halogens is 1. The minimum absolute atomic E-state index is 0.0213. The molecule has 0 spiro atoms. The van der Waals surface area contributed by atoms with Crippen molar-refractivity contribution in [3.63, 3.8) is 0 Å². The molecule has 1 amide bonds. The fraction of sp³-hybridized carbons (Fsp3) is 0.615. The predicted molar refractivity (Wildman–Crippen MR) is 70.8 cm³/mol. The Kier molecular flexibility index (Phi) is 3.97. The minimum Gasteiger partial charge on any atom is -0.394 e. The summed E-state index contributed by atoms with van der Waals surface area (Å²) in [5.41, 5.74) is 0.607. The summed E-state index contributed by atoms with van der Waals surface area (Å²) in [6, 6.07) is 1.63. The van der Waals surface area contributed by atoms with Crippen molar-refractivity contribution >= 4 is 17.5 Å². The Hall–Kier alpha value is -1.00. The number of hydrogen-bond acceptors (Lipinski definition) is 2. The van der Waals surface area contributed by atoms with Crippen molar-refractivity contribution in [2.24, 2.45) is 5.92 Å². The second-order valence-corrected chi connectivity index (χ2v) is 5.28. The van der Waals surface area contributed by atoms with Crippen LogP contribution in [-0.4, -0.2) is 39.7 Å². The number of hydrogen-bond donors (Lipinski definition) is 1. The lowest BCUT2D eigenvalue weighted by Crippen LogP contribution is -2.40. The highest BCUT2D eigenvalue weighted by atomic mass is 35.5. The van der Waals surface area contributed by atoms with Crippen LogP contribution in [0.1, 0.15) is 30.8 Å². The summed E-state index contributed by atoms with van der Waals surface area (Å²) in [6.07, 6.45) is 2.71. The monoisotopic (exact) mass is 270 g/mol. The highest BCUT2D eigenvalue weighted by Gasteiger charge is 2.35. The maximum Gasteiger partial charge on any atom is 0.270 e. The maximum atomic E-state index is 12.5. The molecule has 18 heavy (non-hydrogen) atoms. The van der Waals surface area contributed by atoms with E-state index in [-0.39, 0.29) is 18.6 Å². The lowest BCUT2D eigenvalue weighted by atomic mass is 10.0. The van der Waals surface area contributed by atoms with Crippen molar-refractivity contribution in [1.29, 1.82) is 0 Å². The van der Waals surface area contributed by atoms with Gasteiger partial charge in [-0.3, -0.25) is 4.79 Å². The molecule has 5 heteroatoms. The van der Waals surface area contributed by atoms with E-state index < -0.39 is 0 Å². The SMILES string of the molecule is CCn1cc(Cl)cc1C(=O)N1CCC(C)C1CO. The zero-order valence-corrected chi connectivity index (χ0v) is 11.5. The number of carbonyl (C=O) groups excluding carboxylic acids is 1. The van der Waals surface area contributed by atoms with Crippen LogP contribution in [0.4, 0.5) is 0 Å². The van der Waals surface area contributed by atoms with E-state index in [2.05, 4.69) is 6.92 Å². The van der Waals surface area contributed by atoms with Gasteiger partial charge >= 0.3 is 0 Å². The predicted octanol–water partition coefficient (Wildman–Crippen LogP) is 2.00. The molecule has 2 rings (SSSR count). The van der Waals surface area contributed by atoms with E-state index >= 15 is 0 Å². The Morgan fingerprint density at radius 1 is 1.61 bits per heavy atom. The smallest absolute Gasteiger partial charge is 0.270 e. The van der Waals surface area contributed by atoms with Crippen LogP contribution in [-0.2, 0) is 6.54 Å². The molecule has 1 saturated heterocycles. The molecule has 1 fully saturated rings. The number of likely N-dealkylation sites (tertiary alicyclic amines) is 1. The van der Waals surface area contributed by atoms with Gasteiger partial charge in [0.2, 0.25) is 0 Å². The van der Waals surface area contributed by atoms with Gasteiger partial charge in [0, 0.05) is 19.3 Å². The molecule has 0 radical (unpaired) electrons. The summed E-state index contributed by atoms with van der Waals surface area (Å²) in [6.45, 7) is 5.48. The number of amides is 1. The summed E-state index contributed by atoms with van der Waals surface area (Å²) in [7, 11) is 0. The van der Waals surface area contributed by atoms with Crippen molar-refractivity contribution in [2.75, 3.05) is 13.2 Å². The number of rotatable bonds is 3. The molecule has 0 saturated carbocycles. The van der Waals surface area contributed by atoms with E-state index in [1.165, 1.54) is 0 Å². The Morgan fingerprint density at radius 3 is 2.94 bits per heavy atom. The van der Waals surface area contributed by atoms with E-state index in [4.69, 9.17) is 11.6 Å². The highest BCUT2D eigenvalue weighted by Crippen LogP contribution is 2.26. The Balaban J connectivity index is 2.25. The molecule has 0 bridgehead atoms. The van der Waals surface area contributed by atoms with Gasteiger partial charge in [0.05, 0.1) is 17.7 Å². The van der Waals surface area contributed by atoms with Gasteiger partial charge in [-0.25, -0.2) is 0 Å². The van der Waals surface area contributed by atoms with Crippen LogP contribution in [0.25, 0.3) is 0 Å². The van der Waals surface area contributed by atoms with E-state index in [9.17, 15) is 9.90 Å². The third-order valence-corrected chi connectivity index (χ3v) is 3.96. The van der Waals surface area contributed by atoms with Crippen molar-refractivity contribution < 1.29 is 9.90 Å². The molecular weight excluding hydrogens is 252 g/mol. The molecule has 1 aliphatic rings. The third-order valence-electron chi connectivity index (χ3n) is 3.75. The van der Waals surface area contributed by atoms with Crippen LogP contribution < -0.4 is 0 Å². The van der Waals surface area contributed by atoms with E-state index in [1.54, 1.807) is 17.2 Å². The normalized spacial score (nSPS) is 23.7. The first kappa shape index (κ1) is 13.4. The fourth-order valence-electron chi connectivity index (χ4n) is 2.60. The molecule has 2 unspecified atom stereocenters. The zero-order chi connectivity index (χ0) is 13.3. The van der Waals surface area contributed by atoms with Gasteiger partial charge in [-0.05, 0) is 25.3 Å². The largest absolute Gasteiger partial charge is 0.394 e. The van der Waals surface area contributed by atoms with Gasteiger partial charge in [0.25, 0.3) is 5.91 Å². The molecule has 0 aliphatic carbocycles. The Morgan fingerprint density at radius 2 is 2.33 bits per heavy atom. The zero-order valence-electron chi connectivity index (χ0n) is 10.8. The molecule has 1 aliphatic heterocycles. The average molecular weight is 271 g/mol. The second kappa shape index (κ2) is 5.33. The standard InChI is InChI=1S/C13H19ClN2O2/c1-3-15-7-10(14)6-11(15)13(18)16-5-4-9(2)12(16)8-17/h6-7,9,12,17H,3-5,8H2,1-2H3. The summed E-state index contributed by atoms with van der Waals surface area (Å²) >= 11 is 5.95. The number of aliphatic hydroxyl groups is 1. The maximum absolute atomic E-state index is 12.5. The average Bonchev–Trinajstić information content (AvgIpc) is 2.91. The van der Waals surface area contributed by atoms with Crippen LogP contribution in [0.2, 0.25) is 5.02 Å². The lowest BCUT2D eigenvalue weighted by molar-refractivity contribution is 0.0637. The summed E-state index contributed by atoms with van der Waals surface area (Å²) in [5, 5.41) is 9.98. The van der Waals surface area contributed by atoms with Gasteiger partial charge in [-0.15, -0.1) is 0 Å². The first-order chi connectivity index (χ1) is 8.58. The van der Waals surface area contributed by atoms with E-state index in [1.807, 2.05) is 11.5 Å². The van der Waals surface area contributed by atoms with Gasteiger partial charge in [-0.2, -0.15) is 0 Å². The molecule has 1 aromatic heterocycles. The van der Waals surface area contributed by atoms with Gasteiger partial charge in [-0.1, -0.05) is 18.5 Å². The van der Waals surface area contributed by atoms with E-state index in [0.717, 1.165) is 6.42 Å². The second-order valence-electron chi connectivity index (χ2n) is 4.84. The number of nitrogens with zero attached hydrogens (tertiary/aromatic N) is 2. The molecule has 2 atom stereocenters. The Bertz CT molecular complexity index is 444. The first-order valence-corrected chi connectivity index (χ1v) is 6.73. The number of aryl methyl sites for hydroxylation is 1. The van der Waals surface area contributed by atoms with Gasteiger partial charge < -0.3 is 14.6 Å². The van der Waals surface area contributed by atoms with Crippen molar-refractivity contribution in [3.05, 3.63) is 23.0 Å². The van der Waals surface area contributed by atoms with Crippen molar-refractivity contribution in [1.82, 2.24) is 9.47 Å². The van der Waals surface area contributed by atoms with Crippen LogP contribution >= 0.6 is 11.6 Å². The molecule has 100 valence electrons.